The van der Waals surface area contributed by atoms with Crippen molar-refractivity contribution in [3.05, 3.63) is 14.7 Å². The highest BCUT2D eigenvalue weighted by molar-refractivity contribution is 7.89. The first kappa shape index (κ1) is 13.5. The molecule has 0 saturated heterocycles. The van der Waals surface area contributed by atoms with Crippen molar-refractivity contribution < 1.29 is 8.42 Å². The molecule has 0 aliphatic heterocycles. The van der Waals surface area contributed by atoms with Gasteiger partial charge in [-0.15, -0.1) is 22.9 Å². The molecule has 0 aliphatic carbocycles. The molecule has 0 fully saturated rings. The van der Waals surface area contributed by atoms with Gasteiger partial charge in [-0.25, -0.2) is 8.42 Å². The van der Waals surface area contributed by atoms with Gasteiger partial charge in [0.05, 0.1) is 4.34 Å². The molecule has 1 aromatic heterocycles. The molecule has 0 aromatic carbocycles. The Morgan fingerprint density at radius 1 is 1.47 bits per heavy atom. The van der Waals surface area contributed by atoms with Crippen LogP contribution in [0.5, 0.6) is 0 Å². The fourth-order valence-electron chi connectivity index (χ4n) is 0.908. The van der Waals surface area contributed by atoms with Crippen molar-refractivity contribution in [1.82, 2.24) is 4.31 Å². The predicted octanol–water partition coefficient (Wildman–Crippen LogP) is 2.91. The van der Waals surface area contributed by atoms with Crippen LogP contribution >= 0.6 is 46.1 Å². The van der Waals surface area contributed by atoms with E-state index in [-0.39, 0.29) is 21.7 Å². The van der Waals surface area contributed by atoms with E-state index in [1.807, 2.05) is 0 Å². The number of alkyl halides is 1. The van der Waals surface area contributed by atoms with Crippen LogP contribution in [0.15, 0.2) is 11.0 Å². The standard InChI is InChI=1S/C7H8Cl3NO2S2/c1-11(3-2-8)15(12,13)5-4-6(9)14-7(5)10/h4H,2-3H2,1H3. The third-order valence-corrected chi connectivity index (χ3v) is 5.49. The van der Waals surface area contributed by atoms with E-state index in [1.165, 1.54) is 13.1 Å². The Bertz CT molecular complexity index is 443. The number of halogens is 3. The topological polar surface area (TPSA) is 37.4 Å². The molecule has 1 rings (SSSR count). The van der Waals surface area contributed by atoms with Gasteiger partial charge < -0.3 is 0 Å². The fourth-order valence-corrected chi connectivity index (χ4v) is 4.54. The van der Waals surface area contributed by atoms with Crippen molar-refractivity contribution in [2.24, 2.45) is 0 Å². The van der Waals surface area contributed by atoms with Gasteiger partial charge in [-0.3, -0.25) is 0 Å². The van der Waals surface area contributed by atoms with E-state index < -0.39 is 10.0 Å². The van der Waals surface area contributed by atoms with Crippen LogP contribution in [-0.2, 0) is 10.0 Å². The summed E-state index contributed by atoms with van der Waals surface area (Å²) in [5.74, 6) is 0.227. The summed E-state index contributed by atoms with van der Waals surface area (Å²) < 4.78 is 25.4. The Labute approximate surface area is 108 Å². The molecule has 0 aliphatic rings. The minimum absolute atomic E-state index is 0.0341. The van der Waals surface area contributed by atoms with E-state index in [4.69, 9.17) is 34.8 Å². The Morgan fingerprint density at radius 3 is 2.47 bits per heavy atom. The van der Waals surface area contributed by atoms with E-state index in [9.17, 15) is 8.42 Å². The van der Waals surface area contributed by atoms with Gasteiger partial charge in [-0.05, 0) is 6.07 Å². The lowest BCUT2D eigenvalue weighted by atomic mass is 10.7. The lowest BCUT2D eigenvalue weighted by molar-refractivity contribution is 0.488. The second kappa shape index (κ2) is 5.21. The van der Waals surface area contributed by atoms with Gasteiger partial charge in [0.25, 0.3) is 0 Å². The molecule has 0 amide bonds. The molecule has 1 heterocycles. The molecule has 86 valence electrons. The van der Waals surface area contributed by atoms with Gasteiger partial charge in [0.1, 0.15) is 9.23 Å². The second-order valence-corrected chi connectivity index (χ2v) is 7.38. The minimum Gasteiger partial charge on any atom is -0.207 e. The molecule has 15 heavy (non-hydrogen) atoms. The zero-order valence-corrected chi connectivity index (χ0v) is 11.6. The molecule has 0 saturated carbocycles. The molecular formula is C7H8Cl3NO2S2. The third-order valence-electron chi connectivity index (χ3n) is 1.71. The third kappa shape index (κ3) is 2.99. The molecular weight excluding hydrogens is 301 g/mol. The van der Waals surface area contributed by atoms with Crippen LogP contribution in [0.2, 0.25) is 8.67 Å². The summed E-state index contributed by atoms with van der Waals surface area (Å²) in [5.41, 5.74) is 0. The van der Waals surface area contributed by atoms with Gasteiger partial charge in [0.15, 0.2) is 0 Å². The van der Waals surface area contributed by atoms with Crippen molar-refractivity contribution in [3.8, 4) is 0 Å². The van der Waals surface area contributed by atoms with Crippen LogP contribution < -0.4 is 0 Å². The lowest BCUT2D eigenvalue weighted by Crippen LogP contribution is -2.28. The smallest absolute Gasteiger partial charge is 0.207 e. The highest BCUT2D eigenvalue weighted by Crippen LogP contribution is 2.35. The van der Waals surface area contributed by atoms with Crippen molar-refractivity contribution >= 4 is 56.2 Å². The molecule has 0 unspecified atom stereocenters. The molecule has 0 bridgehead atoms. The van der Waals surface area contributed by atoms with Crippen molar-refractivity contribution in [2.45, 2.75) is 4.90 Å². The quantitative estimate of drug-likeness (QED) is 0.802. The van der Waals surface area contributed by atoms with Crippen LogP contribution in [-0.4, -0.2) is 32.2 Å². The monoisotopic (exact) mass is 307 g/mol. The largest absolute Gasteiger partial charge is 0.245 e. The van der Waals surface area contributed by atoms with Crippen LogP contribution in [0.25, 0.3) is 0 Å². The minimum atomic E-state index is -3.57. The van der Waals surface area contributed by atoms with Gasteiger partial charge in [-0.1, -0.05) is 23.2 Å². The average Bonchev–Trinajstić information content (AvgIpc) is 2.46. The van der Waals surface area contributed by atoms with Crippen molar-refractivity contribution in [1.29, 1.82) is 0 Å². The van der Waals surface area contributed by atoms with Crippen LogP contribution in [0.1, 0.15) is 0 Å². The Kier molecular flexibility index (Phi) is 4.70. The van der Waals surface area contributed by atoms with E-state index in [0.717, 1.165) is 15.6 Å². The average molecular weight is 309 g/mol. The number of sulfonamides is 1. The summed E-state index contributed by atoms with van der Waals surface area (Å²) in [6, 6.07) is 1.34. The normalized spacial score (nSPS) is 12.3. The second-order valence-electron chi connectivity index (χ2n) is 2.70. The Balaban J connectivity index is 3.11. The number of thiophene rings is 1. The summed E-state index contributed by atoms with van der Waals surface area (Å²) in [6.45, 7) is 0.230. The summed E-state index contributed by atoms with van der Waals surface area (Å²) >= 11 is 17.9. The molecule has 8 heteroatoms. The van der Waals surface area contributed by atoms with E-state index >= 15 is 0 Å². The zero-order chi connectivity index (χ0) is 11.6. The maximum absolute atomic E-state index is 11.9. The summed E-state index contributed by atoms with van der Waals surface area (Å²) in [5, 5.41) is 0. The van der Waals surface area contributed by atoms with E-state index in [2.05, 4.69) is 0 Å². The molecule has 0 radical (unpaired) electrons. The van der Waals surface area contributed by atoms with Crippen molar-refractivity contribution in [2.75, 3.05) is 19.5 Å². The molecule has 3 nitrogen and oxygen atoms in total. The zero-order valence-electron chi connectivity index (χ0n) is 7.71. The SMILES string of the molecule is CN(CCCl)S(=O)(=O)c1cc(Cl)sc1Cl. The summed E-state index contributed by atoms with van der Waals surface area (Å²) in [4.78, 5) is 0.0341. The Morgan fingerprint density at radius 2 is 2.07 bits per heavy atom. The van der Waals surface area contributed by atoms with Crippen LogP contribution in [0.3, 0.4) is 0 Å². The van der Waals surface area contributed by atoms with Gasteiger partial charge in [0, 0.05) is 19.5 Å². The summed E-state index contributed by atoms with van der Waals surface area (Å²) in [6.07, 6.45) is 0. The van der Waals surface area contributed by atoms with Gasteiger partial charge >= 0.3 is 0 Å². The van der Waals surface area contributed by atoms with Gasteiger partial charge in [0.2, 0.25) is 10.0 Å². The highest BCUT2D eigenvalue weighted by Gasteiger charge is 2.25. The van der Waals surface area contributed by atoms with E-state index in [1.54, 1.807) is 0 Å². The first-order valence-corrected chi connectivity index (χ1v) is 7.41. The maximum Gasteiger partial charge on any atom is 0.245 e. The number of hydrogen-bond donors (Lipinski definition) is 0. The number of nitrogens with zero attached hydrogens (tertiary/aromatic N) is 1. The maximum atomic E-state index is 11.9. The lowest BCUT2D eigenvalue weighted by Gasteiger charge is -2.14. The Hall–Kier alpha value is 0.480. The first-order valence-electron chi connectivity index (χ1n) is 3.86. The first-order chi connectivity index (χ1) is 6.89. The molecule has 0 N–H and O–H groups in total. The molecule has 1 aromatic rings. The fraction of sp³-hybridized carbons (Fsp3) is 0.429. The highest BCUT2D eigenvalue weighted by atomic mass is 35.5. The van der Waals surface area contributed by atoms with Crippen molar-refractivity contribution in [3.63, 3.8) is 0 Å². The van der Waals surface area contributed by atoms with Crippen LogP contribution in [0, 0.1) is 0 Å². The number of rotatable bonds is 4. The van der Waals surface area contributed by atoms with Gasteiger partial charge in [-0.2, -0.15) is 4.31 Å². The molecule has 0 atom stereocenters. The predicted molar refractivity (Wildman–Crippen MR) is 64.9 cm³/mol. The van der Waals surface area contributed by atoms with E-state index in [0.29, 0.717) is 4.34 Å². The van der Waals surface area contributed by atoms with Crippen LogP contribution in [0.4, 0.5) is 0 Å². The molecule has 0 spiro atoms. The summed E-state index contributed by atoms with van der Waals surface area (Å²) in [7, 11) is -2.12. The number of hydrogen-bond acceptors (Lipinski definition) is 3.